The number of benzene rings is 2. The molecule has 0 saturated heterocycles. The lowest BCUT2D eigenvalue weighted by Crippen LogP contribution is -2.45. The average molecular weight is 559 g/mol. The molecule has 222 valence electrons. The van der Waals surface area contributed by atoms with Crippen molar-refractivity contribution in [2.75, 3.05) is 20.2 Å². The van der Waals surface area contributed by atoms with Gasteiger partial charge in [0, 0.05) is 18.2 Å². The van der Waals surface area contributed by atoms with Crippen LogP contribution in [0.25, 0.3) is 0 Å². The maximum Gasteiger partial charge on any atom is 0.261 e. The first-order valence-electron chi connectivity index (χ1n) is 15.7. The Morgan fingerprint density at radius 1 is 0.805 bits per heavy atom. The van der Waals surface area contributed by atoms with E-state index in [9.17, 15) is 9.59 Å². The topological polar surface area (TPSA) is 49.9 Å². The van der Waals surface area contributed by atoms with Crippen molar-refractivity contribution in [3.8, 4) is 5.75 Å². The molecule has 0 aromatic heterocycles. The number of allylic oxidation sites excluding steroid dienone is 2. The standard InChI is InChI=1S/C36H50N2O3/c1-4-5-6-7-8-9-10-11-12-13-14-20-27-41-33-24-25-34(30(2)28-33)36(40)38(29-32-23-18-19-26-37(32)3)35(39)31-21-16-15-17-22-31/h15-19,21-26,28,32H,4-14,20,27,29H2,1-3H3. The Morgan fingerprint density at radius 2 is 1.44 bits per heavy atom. The van der Waals surface area contributed by atoms with Crippen LogP contribution in [0.5, 0.6) is 5.75 Å². The zero-order valence-electron chi connectivity index (χ0n) is 25.5. The molecule has 0 radical (unpaired) electrons. The van der Waals surface area contributed by atoms with Crippen LogP contribution in [-0.4, -0.2) is 47.9 Å². The molecule has 1 unspecified atom stereocenters. The number of amides is 2. The first-order valence-corrected chi connectivity index (χ1v) is 15.7. The van der Waals surface area contributed by atoms with Crippen LogP contribution in [0.3, 0.4) is 0 Å². The molecule has 1 aliphatic rings. The molecule has 2 amide bonds. The third kappa shape index (κ3) is 10.9. The van der Waals surface area contributed by atoms with Crippen molar-refractivity contribution < 1.29 is 14.3 Å². The summed E-state index contributed by atoms with van der Waals surface area (Å²) in [5, 5.41) is 0. The highest BCUT2D eigenvalue weighted by atomic mass is 16.5. The van der Waals surface area contributed by atoms with Crippen LogP contribution in [0.15, 0.2) is 73.0 Å². The Morgan fingerprint density at radius 3 is 2.05 bits per heavy atom. The molecular formula is C36H50N2O3. The quantitative estimate of drug-likeness (QED) is 0.136. The highest BCUT2D eigenvalue weighted by Gasteiger charge is 2.28. The van der Waals surface area contributed by atoms with Crippen LogP contribution in [0, 0.1) is 6.92 Å². The van der Waals surface area contributed by atoms with Crippen LogP contribution in [0.4, 0.5) is 0 Å². The zero-order valence-corrected chi connectivity index (χ0v) is 25.5. The largest absolute Gasteiger partial charge is 0.494 e. The van der Waals surface area contributed by atoms with Crippen molar-refractivity contribution >= 4 is 11.8 Å². The maximum absolute atomic E-state index is 13.8. The molecule has 41 heavy (non-hydrogen) atoms. The van der Waals surface area contributed by atoms with E-state index in [-0.39, 0.29) is 24.4 Å². The molecule has 0 aliphatic carbocycles. The smallest absolute Gasteiger partial charge is 0.261 e. The maximum atomic E-state index is 13.8. The lowest BCUT2D eigenvalue weighted by Gasteiger charge is -2.31. The number of hydrogen-bond acceptors (Lipinski definition) is 4. The van der Waals surface area contributed by atoms with E-state index < -0.39 is 0 Å². The summed E-state index contributed by atoms with van der Waals surface area (Å²) in [5.74, 6) is 0.182. The molecule has 0 N–H and O–H groups in total. The summed E-state index contributed by atoms with van der Waals surface area (Å²) in [4.78, 5) is 30.6. The molecule has 3 rings (SSSR count). The number of rotatable bonds is 18. The second kappa shape index (κ2) is 18.2. The van der Waals surface area contributed by atoms with Gasteiger partial charge in [0.1, 0.15) is 5.75 Å². The highest BCUT2D eigenvalue weighted by Crippen LogP contribution is 2.22. The van der Waals surface area contributed by atoms with Crippen LogP contribution in [0.2, 0.25) is 0 Å². The Balaban J connectivity index is 1.48. The Bertz CT molecular complexity index is 1120. The monoisotopic (exact) mass is 558 g/mol. The van der Waals surface area contributed by atoms with E-state index >= 15 is 0 Å². The zero-order chi connectivity index (χ0) is 29.3. The summed E-state index contributed by atoms with van der Waals surface area (Å²) in [6, 6.07) is 14.5. The molecular weight excluding hydrogens is 508 g/mol. The molecule has 2 aromatic rings. The summed E-state index contributed by atoms with van der Waals surface area (Å²) in [5.41, 5.74) is 1.82. The van der Waals surface area contributed by atoms with Gasteiger partial charge in [0.2, 0.25) is 0 Å². The van der Waals surface area contributed by atoms with Crippen molar-refractivity contribution in [1.29, 1.82) is 0 Å². The van der Waals surface area contributed by atoms with Gasteiger partial charge in [-0.1, -0.05) is 108 Å². The number of hydrogen-bond donors (Lipinski definition) is 0. The van der Waals surface area contributed by atoms with Crippen molar-refractivity contribution in [3.63, 3.8) is 0 Å². The molecule has 1 aliphatic heterocycles. The fraction of sp³-hybridized carbons (Fsp3) is 0.500. The Kier molecular flexibility index (Phi) is 14.3. The van der Waals surface area contributed by atoms with Gasteiger partial charge in [-0.15, -0.1) is 0 Å². The van der Waals surface area contributed by atoms with E-state index in [1.54, 1.807) is 18.2 Å². The fourth-order valence-corrected chi connectivity index (χ4v) is 5.24. The Labute approximate surface area is 248 Å². The summed E-state index contributed by atoms with van der Waals surface area (Å²) in [6.45, 7) is 5.12. The van der Waals surface area contributed by atoms with Crippen molar-refractivity contribution in [2.24, 2.45) is 0 Å². The van der Waals surface area contributed by atoms with Gasteiger partial charge in [-0.3, -0.25) is 14.5 Å². The number of ether oxygens (including phenoxy) is 1. The molecule has 5 nitrogen and oxygen atoms in total. The molecule has 1 atom stereocenters. The fourth-order valence-electron chi connectivity index (χ4n) is 5.24. The predicted molar refractivity (Wildman–Crippen MR) is 169 cm³/mol. The molecule has 0 fully saturated rings. The lowest BCUT2D eigenvalue weighted by atomic mass is 10.0. The summed E-state index contributed by atoms with van der Waals surface area (Å²) < 4.78 is 6.01. The number of unbranched alkanes of at least 4 members (excludes halogenated alkanes) is 11. The summed E-state index contributed by atoms with van der Waals surface area (Å²) in [6.07, 6.45) is 23.6. The third-order valence-electron chi connectivity index (χ3n) is 7.86. The van der Waals surface area contributed by atoms with Gasteiger partial charge in [0.15, 0.2) is 0 Å². The number of carbonyl (C=O) groups is 2. The molecule has 5 heteroatoms. The van der Waals surface area contributed by atoms with Crippen LogP contribution >= 0.6 is 0 Å². The van der Waals surface area contributed by atoms with E-state index in [4.69, 9.17) is 4.74 Å². The van der Waals surface area contributed by atoms with E-state index in [0.29, 0.717) is 17.7 Å². The number of imide groups is 1. The third-order valence-corrected chi connectivity index (χ3v) is 7.86. The van der Waals surface area contributed by atoms with Gasteiger partial charge in [0.05, 0.1) is 19.2 Å². The Hall–Kier alpha value is -3.34. The molecule has 0 bridgehead atoms. The van der Waals surface area contributed by atoms with Gasteiger partial charge >= 0.3 is 0 Å². The molecule has 1 heterocycles. The number of carbonyl (C=O) groups excluding carboxylic acids is 2. The van der Waals surface area contributed by atoms with Crippen molar-refractivity contribution in [2.45, 2.75) is 96.9 Å². The van der Waals surface area contributed by atoms with Gasteiger partial charge in [-0.05, 0) is 61.5 Å². The van der Waals surface area contributed by atoms with E-state index in [1.165, 1.54) is 75.5 Å². The minimum atomic E-state index is -0.293. The average Bonchev–Trinajstić information content (AvgIpc) is 2.99. The highest BCUT2D eigenvalue weighted by molar-refractivity contribution is 6.11. The van der Waals surface area contributed by atoms with Crippen LogP contribution in [0.1, 0.15) is 110 Å². The number of nitrogens with zero attached hydrogens (tertiary/aromatic N) is 2. The van der Waals surface area contributed by atoms with Gasteiger partial charge in [0.25, 0.3) is 11.8 Å². The lowest BCUT2D eigenvalue weighted by molar-refractivity contribution is 0.0592. The first kappa shape index (κ1) is 32.2. The van der Waals surface area contributed by atoms with Gasteiger partial charge < -0.3 is 9.64 Å². The van der Waals surface area contributed by atoms with E-state index in [2.05, 4.69) is 6.92 Å². The molecule has 0 spiro atoms. The molecule has 0 saturated carbocycles. The van der Waals surface area contributed by atoms with Crippen molar-refractivity contribution in [3.05, 3.63) is 89.6 Å². The minimum Gasteiger partial charge on any atom is -0.494 e. The van der Waals surface area contributed by atoms with Gasteiger partial charge in [-0.2, -0.15) is 0 Å². The van der Waals surface area contributed by atoms with Crippen LogP contribution in [-0.2, 0) is 0 Å². The second-order valence-electron chi connectivity index (χ2n) is 11.3. The van der Waals surface area contributed by atoms with E-state index in [0.717, 1.165) is 17.7 Å². The van der Waals surface area contributed by atoms with E-state index in [1.807, 2.05) is 73.6 Å². The summed E-state index contributed by atoms with van der Waals surface area (Å²) >= 11 is 0. The SMILES string of the molecule is CCCCCCCCCCCCCCOc1ccc(C(=O)N(CC2C=CC=CN2C)C(=O)c2ccccc2)c(C)c1. The first-order chi connectivity index (χ1) is 20.0. The minimum absolute atomic E-state index is 0.0879. The number of aryl methyl sites for hydroxylation is 1. The number of likely N-dealkylation sites (N-methyl/N-ethyl adjacent to an activating group) is 1. The van der Waals surface area contributed by atoms with Gasteiger partial charge in [-0.25, -0.2) is 0 Å². The van der Waals surface area contributed by atoms with Crippen LogP contribution < -0.4 is 4.74 Å². The molecule has 2 aromatic carbocycles. The van der Waals surface area contributed by atoms with Crippen molar-refractivity contribution in [1.82, 2.24) is 9.80 Å². The normalized spacial score (nSPS) is 14.3. The predicted octanol–water partition coefficient (Wildman–Crippen LogP) is 8.74. The second-order valence-corrected chi connectivity index (χ2v) is 11.3. The summed E-state index contributed by atoms with van der Waals surface area (Å²) in [7, 11) is 1.95.